The molecule has 0 aliphatic heterocycles. The van der Waals surface area contributed by atoms with Gasteiger partial charge in [0, 0.05) is 10.9 Å². The molecule has 0 amide bonds. The van der Waals surface area contributed by atoms with Gasteiger partial charge in [-0.3, -0.25) is 0 Å². The first-order valence-corrected chi connectivity index (χ1v) is 6.39. The van der Waals surface area contributed by atoms with E-state index in [9.17, 15) is 0 Å². The first-order valence-electron chi connectivity index (χ1n) is 6.02. The van der Waals surface area contributed by atoms with E-state index in [2.05, 4.69) is 39.0 Å². The predicted octanol–water partition coefficient (Wildman–Crippen LogP) is 5.17. The maximum atomic E-state index is 6.39. The smallest absolute Gasteiger partial charge is 0.0449 e. The maximum absolute atomic E-state index is 6.39. The highest BCUT2D eigenvalue weighted by molar-refractivity contribution is 6.31. The van der Waals surface area contributed by atoms with E-state index in [4.69, 9.17) is 11.6 Å². The van der Waals surface area contributed by atoms with Crippen molar-refractivity contribution in [1.29, 1.82) is 0 Å². The van der Waals surface area contributed by atoms with Crippen LogP contribution in [0.4, 0.5) is 0 Å². The Hall–Kier alpha value is -0.750. The van der Waals surface area contributed by atoms with Crippen molar-refractivity contribution in [3.05, 3.63) is 45.5 Å². The Bertz CT molecular complexity index is 406. The molecule has 1 aromatic rings. The summed E-state index contributed by atoms with van der Waals surface area (Å²) in [7, 11) is 0. The third-order valence-electron chi connectivity index (χ3n) is 3.42. The summed E-state index contributed by atoms with van der Waals surface area (Å²) >= 11 is 6.39. The minimum absolute atomic E-state index is 0.529. The van der Waals surface area contributed by atoms with E-state index in [0.29, 0.717) is 5.92 Å². The summed E-state index contributed by atoms with van der Waals surface area (Å²) in [5.41, 5.74) is 5.43. The monoisotopic (exact) mass is 234 g/mol. The largest absolute Gasteiger partial charge is 0.0840 e. The zero-order valence-electron chi connectivity index (χ0n) is 10.3. The molecule has 1 aromatic carbocycles. The van der Waals surface area contributed by atoms with Gasteiger partial charge in [-0.1, -0.05) is 29.3 Å². The molecule has 0 heterocycles. The van der Waals surface area contributed by atoms with Crippen LogP contribution in [0.1, 0.15) is 48.8 Å². The lowest BCUT2D eigenvalue weighted by molar-refractivity contribution is 0.631. The van der Waals surface area contributed by atoms with Gasteiger partial charge in [-0.2, -0.15) is 0 Å². The summed E-state index contributed by atoms with van der Waals surface area (Å²) in [5, 5.41) is 0.938. The highest BCUT2D eigenvalue weighted by Crippen LogP contribution is 2.37. The lowest BCUT2D eigenvalue weighted by Crippen LogP contribution is -2.05. The Morgan fingerprint density at radius 1 is 1.19 bits per heavy atom. The molecule has 1 aliphatic carbocycles. The normalized spacial score (nSPS) is 20.8. The van der Waals surface area contributed by atoms with Gasteiger partial charge >= 0.3 is 0 Å². The maximum Gasteiger partial charge on any atom is 0.0449 e. The molecule has 16 heavy (non-hydrogen) atoms. The van der Waals surface area contributed by atoms with E-state index >= 15 is 0 Å². The topological polar surface area (TPSA) is 0 Å². The van der Waals surface area contributed by atoms with Crippen molar-refractivity contribution in [2.75, 3.05) is 0 Å². The third-order valence-corrected chi connectivity index (χ3v) is 3.74. The lowest BCUT2D eigenvalue weighted by Gasteiger charge is -2.23. The van der Waals surface area contributed by atoms with Gasteiger partial charge in [0.1, 0.15) is 0 Å². The molecule has 0 saturated heterocycles. The number of aryl methyl sites for hydroxylation is 2. The fourth-order valence-corrected chi connectivity index (χ4v) is 3.20. The molecule has 86 valence electrons. The van der Waals surface area contributed by atoms with Crippen molar-refractivity contribution in [1.82, 2.24) is 0 Å². The second kappa shape index (κ2) is 4.63. The molecule has 1 unspecified atom stereocenters. The summed E-state index contributed by atoms with van der Waals surface area (Å²) < 4.78 is 0. The van der Waals surface area contributed by atoms with Crippen LogP contribution in [0.25, 0.3) is 0 Å². The number of allylic oxidation sites excluding steroid dienone is 2. The minimum Gasteiger partial charge on any atom is -0.0840 e. The molecule has 1 aliphatic rings. The highest BCUT2D eigenvalue weighted by atomic mass is 35.5. The second-order valence-electron chi connectivity index (χ2n) is 4.99. The average Bonchev–Trinajstić information content (AvgIpc) is 2.15. The number of hydrogen-bond donors (Lipinski definition) is 0. The number of rotatable bonds is 1. The van der Waals surface area contributed by atoms with Crippen LogP contribution in [0.15, 0.2) is 23.8 Å². The van der Waals surface area contributed by atoms with Crippen LogP contribution >= 0.6 is 11.6 Å². The summed E-state index contributed by atoms with van der Waals surface area (Å²) in [4.78, 5) is 0. The van der Waals surface area contributed by atoms with Crippen molar-refractivity contribution in [2.24, 2.45) is 0 Å². The standard InChI is InChI=1S/C15H19Cl/c1-10-5-4-6-13(8-10)15-12(3)7-11(2)9-14(15)16/h7-9,13H,4-6H2,1-3H3. The summed E-state index contributed by atoms with van der Waals surface area (Å²) in [6.45, 7) is 6.50. The van der Waals surface area contributed by atoms with Gasteiger partial charge in [0.25, 0.3) is 0 Å². The van der Waals surface area contributed by atoms with Gasteiger partial charge in [-0.25, -0.2) is 0 Å². The molecule has 0 nitrogen and oxygen atoms in total. The van der Waals surface area contributed by atoms with E-state index < -0.39 is 0 Å². The number of benzene rings is 1. The third kappa shape index (κ3) is 2.32. The number of halogens is 1. The molecule has 0 bridgehead atoms. The van der Waals surface area contributed by atoms with E-state index in [1.165, 1.54) is 41.5 Å². The van der Waals surface area contributed by atoms with Gasteiger partial charge in [0.2, 0.25) is 0 Å². The van der Waals surface area contributed by atoms with E-state index in [-0.39, 0.29) is 0 Å². The summed E-state index contributed by atoms with van der Waals surface area (Å²) in [6, 6.07) is 4.32. The number of hydrogen-bond acceptors (Lipinski definition) is 0. The molecule has 2 rings (SSSR count). The molecule has 0 aromatic heterocycles. The molecule has 0 spiro atoms. The Morgan fingerprint density at radius 2 is 1.94 bits per heavy atom. The van der Waals surface area contributed by atoms with Gasteiger partial charge in [-0.05, 0) is 62.8 Å². The summed E-state index contributed by atoms with van der Waals surface area (Å²) in [5.74, 6) is 0.529. The van der Waals surface area contributed by atoms with Crippen molar-refractivity contribution in [3.63, 3.8) is 0 Å². The van der Waals surface area contributed by atoms with Crippen molar-refractivity contribution >= 4 is 11.6 Å². The van der Waals surface area contributed by atoms with E-state index in [1.54, 1.807) is 0 Å². The Balaban J connectivity index is 2.44. The van der Waals surface area contributed by atoms with Crippen molar-refractivity contribution < 1.29 is 0 Å². The van der Waals surface area contributed by atoms with Crippen molar-refractivity contribution in [2.45, 2.75) is 46.0 Å². The first-order chi connectivity index (χ1) is 7.58. The Morgan fingerprint density at radius 3 is 2.56 bits per heavy atom. The molecule has 0 fully saturated rings. The van der Waals surface area contributed by atoms with Crippen LogP contribution in [0.3, 0.4) is 0 Å². The second-order valence-corrected chi connectivity index (χ2v) is 5.40. The highest BCUT2D eigenvalue weighted by Gasteiger charge is 2.18. The van der Waals surface area contributed by atoms with Crippen LogP contribution in [-0.2, 0) is 0 Å². The van der Waals surface area contributed by atoms with Gasteiger partial charge in [0.05, 0.1) is 0 Å². The predicted molar refractivity (Wildman–Crippen MR) is 71.3 cm³/mol. The van der Waals surface area contributed by atoms with Crippen LogP contribution in [0.2, 0.25) is 5.02 Å². The quantitative estimate of drug-likeness (QED) is 0.588. The molecular weight excluding hydrogens is 216 g/mol. The van der Waals surface area contributed by atoms with Crippen LogP contribution in [-0.4, -0.2) is 0 Å². The molecule has 0 N–H and O–H groups in total. The van der Waals surface area contributed by atoms with Gasteiger partial charge in [0.15, 0.2) is 0 Å². The van der Waals surface area contributed by atoms with E-state index in [1.807, 2.05) is 0 Å². The molecule has 1 heteroatoms. The zero-order valence-corrected chi connectivity index (χ0v) is 11.1. The first kappa shape index (κ1) is 11.7. The van der Waals surface area contributed by atoms with Crippen molar-refractivity contribution in [3.8, 4) is 0 Å². The van der Waals surface area contributed by atoms with Crippen LogP contribution in [0.5, 0.6) is 0 Å². The average molecular weight is 235 g/mol. The van der Waals surface area contributed by atoms with Gasteiger partial charge < -0.3 is 0 Å². The SMILES string of the molecule is CC1=CC(c2c(C)cc(C)cc2Cl)CCC1. The lowest BCUT2D eigenvalue weighted by atomic mass is 9.84. The molecule has 1 atom stereocenters. The fourth-order valence-electron chi connectivity index (χ4n) is 2.74. The summed E-state index contributed by atoms with van der Waals surface area (Å²) in [6.07, 6.45) is 6.17. The Labute approximate surface area is 103 Å². The zero-order chi connectivity index (χ0) is 11.7. The fraction of sp³-hybridized carbons (Fsp3) is 0.467. The van der Waals surface area contributed by atoms with Gasteiger partial charge in [-0.15, -0.1) is 0 Å². The van der Waals surface area contributed by atoms with Crippen LogP contribution < -0.4 is 0 Å². The van der Waals surface area contributed by atoms with E-state index in [0.717, 1.165) is 5.02 Å². The Kier molecular flexibility index (Phi) is 3.39. The molecular formula is C15H19Cl. The van der Waals surface area contributed by atoms with Crippen LogP contribution in [0, 0.1) is 13.8 Å². The molecule has 0 radical (unpaired) electrons. The minimum atomic E-state index is 0.529. The molecule has 0 saturated carbocycles.